The SMILES string of the molecule is O=C(NS(=O)(=O)C1C=C1)C1[C@H](C(F)CF)[C@H]1I. The lowest BCUT2D eigenvalue weighted by molar-refractivity contribution is -0.121. The van der Waals surface area contributed by atoms with E-state index in [2.05, 4.69) is 0 Å². The fourth-order valence-corrected chi connectivity index (χ4v) is 4.19. The van der Waals surface area contributed by atoms with Crippen LogP contribution in [0.15, 0.2) is 12.2 Å². The summed E-state index contributed by atoms with van der Waals surface area (Å²) in [6.07, 6.45) is 1.16. The minimum Gasteiger partial charge on any atom is -0.274 e. The molecule has 0 bridgehead atoms. The van der Waals surface area contributed by atoms with Gasteiger partial charge in [0.15, 0.2) is 0 Å². The fourth-order valence-electron chi connectivity index (χ4n) is 1.67. The Balaban J connectivity index is 1.94. The first-order chi connectivity index (χ1) is 7.88. The van der Waals surface area contributed by atoms with Crippen molar-refractivity contribution >= 4 is 38.5 Å². The number of alkyl halides is 3. The average molecular weight is 377 g/mol. The van der Waals surface area contributed by atoms with Crippen molar-refractivity contribution in [1.29, 1.82) is 0 Å². The molecule has 0 aliphatic heterocycles. The molecule has 0 aromatic heterocycles. The van der Waals surface area contributed by atoms with Crippen molar-refractivity contribution in [2.45, 2.75) is 15.3 Å². The van der Waals surface area contributed by atoms with Gasteiger partial charge in [-0.05, 0) is 0 Å². The molecule has 4 nitrogen and oxygen atoms in total. The number of rotatable bonds is 5. The molecule has 96 valence electrons. The standard InChI is InChI=1S/C9H10F2INO3S/c10-3-5(11)6-7(8(6)12)9(14)13-17(15,16)4-1-2-4/h1-2,4-8H,3H2,(H,13,14)/t5?,6-,7?,8+/m0/s1. The average Bonchev–Trinajstić information content (AvgIpc) is 3.09. The van der Waals surface area contributed by atoms with Crippen molar-refractivity contribution in [2.24, 2.45) is 11.8 Å². The van der Waals surface area contributed by atoms with Crippen LogP contribution in [0.4, 0.5) is 8.78 Å². The van der Waals surface area contributed by atoms with E-state index < -0.39 is 45.9 Å². The van der Waals surface area contributed by atoms with Crippen molar-refractivity contribution in [2.75, 3.05) is 6.67 Å². The zero-order valence-corrected chi connectivity index (χ0v) is 11.5. The summed E-state index contributed by atoms with van der Waals surface area (Å²) in [5, 5.41) is -0.737. The van der Waals surface area contributed by atoms with Crippen LogP contribution in [-0.4, -0.2) is 36.3 Å². The molecule has 0 heterocycles. The normalized spacial score (nSPS) is 33.2. The number of halogens is 3. The van der Waals surface area contributed by atoms with Gasteiger partial charge in [-0.1, -0.05) is 34.7 Å². The van der Waals surface area contributed by atoms with Gasteiger partial charge in [-0.15, -0.1) is 0 Å². The predicted molar refractivity (Wildman–Crippen MR) is 65.6 cm³/mol. The molecule has 8 heteroatoms. The Bertz CT molecular complexity index is 461. The molecule has 2 aliphatic rings. The summed E-state index contributed by atoms with van der Waals surface area (Å²) in [7, 11) is -3.70. The maximum atomic E-state index is 13.1. The van der Waals surface area contributed by atoms with Gasteiger partial charge in [0.05, 0.1) is 5.92 Å². The quantitative estimate of drug-likeness (QED) is 0.437. The number of hydrogen-bond acceptors (Lipinski definition) is 3. The highest BCUT2D eigenvalue weighted by Gasteiger charge is 2.58. The van der Waals surface area contributed by atoms with Crippen LogP contribution in [0.2, 0.25) is 0 Å². The second kappa shape index (κ2) is 4.45. The Labute approximate surface area is 111 Å². The summed E-state index contributed by atoms with van der Waals surface area (Å²) >= 11 is 1.84. The van der Waals surface area contributed by atoms with Gasteiger partial charge in [0.2, 0.25) is 15.9 Å². The van der Waals surface area contributed by atoms with E-state index >= 15 is 0 Å². The second-order valence-corrected chi connectivity index (χ2v) is 7.36. The third kappa shape index (κ3) is 2.61. The van der Waals surface area contributed by atoms with Crippen LogP contribution in [0.5, 0.6) is 0 Å². The van der Waals surface area contributed by atoms with Crippen LogP contribution < -0.4 is 4.72 Å². The van der Waals surface area contributed by atoms with E-state index in [1.54, 1.807) is 0 Å². The third-order valence-electron chi connectivity index (χ3n) is 2.80. The van der Waals surface area contributed by atoms with Crippen LogP contribution in [0.3, 0.4) is 0 Å². The van der Waals surface area contributed by atoms with Crippen LogP contribution in [0.25, 0.3) is 0 Å². The summed E-state index contributed by atoms with van der Waals surface area (Å²) in [4.78, 5) is 11.6. The van der Waals surface area contributed by atoms with E-state index in [1.807, 2.05) is 27.3 Å². The van der Waals surface area contributed by atoms with E-state index in [4.69, 9.17) is 0 Å². The molecular formula is C9H10F2INO3S. The summed E-state index contributed by atoms with van der Waals surface area (Å²) < 4.78 is 49.6. The summed E-state index contributed by atoms with van der Waals surface area (Å²) in [5.41, 5.74) is 0. The second-order valence-electron chi connectivity index (χ2n) is 4.08. The molecule has 0 aromatic rings. The number of carbonyl (C=O) groups is 1. The Morgan fingerprint density at radius 3 is 2.53 bits per heavy atom. The molecule has 0 saturated heterocycles. The van der Waals surface area contributed by atoms with Crippen molar-refractivity contribution in [1.82, 2.24) is 4.72 Å². The first-order valence-corrected chi connectivity index (χ1v) is 7.75. The van der Waals surface area contributed by atoms with Gasteiger partial charge >= 0.3 is 0 Å². The van der Waals surface area contributed by atoms with E-state index in [1.165, 1.54) is 12.2 Å². The molecule has 0 radical (unpaired) electrons. The van der Waals surface area contributed by atoms with Crippen LogP contribution >= 0.6 is 22.6 Å². The lowest BCUT2D eigenvalue weighted by Gasteiger charge is -2.05. The number of nitrogens with one attached hydrogen (secondary N) is 1. The minimum atomic E-state index is -3.70. The van der Waals surface area contributed by atoms with Gasteiger partial charge in [0.25, 0.3) is 0 Å². The first kappa shape index (κ1) is 13.2. The van der Waals surface area contributed by atoms with Gasteiger partial charge in [-0.3, -0.25) is 9.52 Å². The zero-order valence-electron chi connectivity index (χ0n) is 8.52. The summed E-state index contributed by atoms with van der Waals surface area (Å²) in [6, 6.07) is 0. The number of amides is 1. The highest BCUT2D eigenvalue weighted by atomic mass is 127. The van der Waals surface area contributed by atoms with Crippen molar-refractivity contribution in [3.8, 4) is 0 Å². The maximum Gasteiger partial charge on any atom is 0.245 e. The molecule has 2 aliphatic carbocycles. The molecule has 0 aromatic carbocycles. The zero-order chi connectivity index (χ0) is 12.8. The predicted octanol–water partition coefficient (Wildman–Crippen LogP) is 0.728. The summed E-state index contributed by atoms with van der Waals surface area (Å²) in [6.45, 7) is -1.15. The molecule has 17 heavy (non-hydrogen) atoms. The van der Waals surface area contributed by atoms with E-state index in [0.717, 1.165) is 0 Å². The molecule has 1 saturated carbocycles. The molecule has 1 fully saturated rings. The number of hydrogen-bond donors (Lipinski definition) is 1. The maximum absolute atomic E-state index is 13.1. The first-order valence-electron chi connectivity index (χ1n) is 4.96. The topological polar surface area (TPSA) is 63.2 Å². The van der Waals surface area contributed by atoms with E-state index in [0.29, 0.717) is 0 Å². The number of carbonyl (C=O) groups excluding carboxylic acids is 1. The highest BCUT2D eigenvalue weighted by molar-refractivity contribution is 14.1. The Morgan fingerprint density at radius 1 is 1.47 bits per heavy atom. The Kier molecular flexibility index (Phi) is 3.45. The monoisotopic (exact) mass is 377 g/mol. The molecule has 1 N–H and O–H groups in total. The lowest BCUT2D eigenvalue weighted by Crippen LogP contribution is -2.35. The number of sulfonamides is 1. The lowest BCUT2D eigenvalue weighted by atomic mass is 10.2. The van der Waals surface area contributed by atoms with E-state index in [9.17, 15) is 22.0 Å². The van der Waals surface area contributed by atoms with E-state index in [-0.39, 0.29) is 3.92 Å². The summed E-state index contributed by atoms with van der Waals surface area (Å²) in [5.74, 6) is -2.21. The van der Waals surface area contributed by atoms with Gasteiger partial charge in [0, 0.05) is 9.84 Å². The Morgan fingerprint density at radius 2 is 2.06 bits per heavy atom. The fraction of sp³-hybridized carbons (Fsp3) is 0.667. The van der Waals surface area contributed by atoms with Crippen LogP contribution in [0.1, 0.15) is 0 Å². The molecule has 2 rings (SSSR count). The molecule has 1 amide bonds. The minimum absolute atomic E-state index is 0.347. The molecular weight excluding hydrogens is 367 g/mol. The third-order valence-corrected chi connectivity index (χ3v) is 5.92. The highest BCUT2D eigenvalue weighted by Crippen LogP contribution is 2.49. The van der Waals surface area contributed by atoms with Crippen LogP contribution in [-0.2, 0) is 14.8 Å². The van der Waals surface area contributed by atoms with Crippen molar-refractivity contribution < 1.29 is 22.0 Å². The molecule has 2 unspecified atom stereocenters. The molecule has 0 spiro atoms. The van der Waals surface area contributed by atoms with Gasteiger partial charge in [0.1, 0.15) is 18.1 Å². The molecule has 4 atom stereocenters. The van der Waals surface area contributed by atoms with Crippen molar-refractivity contribution in [3.63, 3.8) is 0 Å². The van der Waals surface area contributed by atoms with Gasteiger partial charge in [-0.25, -0.2) is 17.2 Å². The Hall–Kier alpha value is -0.250. The largest absolute Gasteiger partial charge is 0.274 e. The van der Waals surface area contributed by atoms with Gasteiger partial charge < -0.3 is 0 Å². The smallest absolute Gasteiger partial charge is 0.245 e. The van der Waals surface area contributed by atoms with Crippen LogP contribution in [0, 0.1) is 11.8 Å². The van der Waals surface area contributed by atoms with Crippen molar-refractivity contribution in [3.05, 3.63) is 12.2 Å². The van der Waals surface area contributed by atoms with Gasteiger partial charge in [-0.2, -0.15) is 0 Å².